The van der Waals surface area contributed by atoms with Gasteiger partial charge in [-0.3, -0.25) is 4.79 Å². The van der Waals surface area contributed by atoms with Crippen LogP contribution in [0, 0.1) is 0 Å². The predicted octanol–water partition coefficient (Wildman–Crippen LogP) is 1.44. The number of amides is 1. The topological polar surface area (TPSA) is 58.6 Å². The van der Waals surface area contributed by atoms with Gasteiger partial charge < -0.3 is 15.2 Å². The maximum Gasteiger partial charge on any atom is 0.260 e. The molecule has 2 N–H and O–H groups in total. The molecule has 4 heteroatoms. The van der Waals surface area contributed by atoms with Crippen molar-refractivity contribution in [2.45, 2.75) is 31.9 Å². The molecule has 0 bridgehead atoms. The number of carbonyl (C=O) groups excluding carboxylic acids is 1. The number of rotatable bonds is 4. The summed E-state index contributed by atoms with van der Waals surface area (Å²) in [5.74, 6) is 0.675. The number of benzene rings is 1. The van der Waals surface area contributed by atoms with E-state index in [2.05, 4.69) is 5.32 Å². The Balaban J connectivity index is 1.87. The molecule has 0 aliphatic heterocycles. The monoisotopic (exact) mass is 221 g/mol. The van der Waals surface area contributed by atoms with E-state index in [-0.39, 0.29) is 11.7 Å². The van der Waals surface area contributed by atoms with Gasteiger partial charge in [0.1, 0.15) is 11.5 Å². The van der Waals surface area contributed by atoms with Crippen LogP contribution in [0.25, 0.3) is 0 Å². The van der Waals surface area contributed by atoms with Crippen molar-refractivity contribution in [2.24, 2.45) is 0 Å². The van der Waals surface area contributed by atoms with Crippen LogP contribution in [0.2, 0.25) is 0 Å². The third-order valence-corrected chi connectivity index (χ3v) is 2.44. The van der Waals surface area contributed by atoms with E-state index in [4.69, 9.17) is 9.84 Å². The van der Waals surface area contributed by atoms with E-state index in [1.807, 2.05) is 0 Å². The van der Waals surface area contributed by atoms with Crippen LogP contribution in [0.1, 0.15) is 19.8 Å². The van der Waals surface area contributed by atoms with E-state index in [0.29, 0.717) is 11.8 Å². The zero-order chi connectivity index (χ0) is 11.5. The number of phenols is 1. The number of phenolic OH excluding ortho intramolecular Hbond substituents is 1. The van der Waals surface area contributed by atoms with Gasteiger partial charge in [-0.15, -0.1) is 0 Å². The Hall–Kier alpha value is -1.71. The molecular formula is C12H15NO3. The smallest absolute Gasteiger partial charge is 0.260 e. The van der Waals surface area contributed by atoms with Gasteiger partial charge in [0.05, 0.1) is 0 Å². The molecule has 1 aliphatic rings. The van der Waals surface area contributed by atoms with Crippen LogP contribution in [0.15, 0.2) is 24.3 Å². The standard InChI is InChI=1S/C12H15NO3/c1-8(12(15)13-9-2-3-9)16-11-6-4-10(14)5-7-11/h4-9,14H,2-3H2,1H3,(H,13,15). The highest BCUT2D eigenvalue weighted by molar-refractivity contribution is 5.81. The second-order valence-electron chi connectivity index (χ2n) is 4.04. The first-order valence-corrected chi connectivity index (χ1v) is 5.41. The predicted molar refractivity (Wildman–Crippen MR) is 59.4 cm³/mol. The van der Waals surface area contributed by atoms with E-state index in [9.17, 15) is 4.79 Å². The van der Waals surface area contributed by atoms with Gasteiger partial charge in [0, 0.05) is 6.04 Å². The van der Waals surface area contributed by atoms with Crippen molar-refractivity contribution in [2.75, 3.05) is 0 Å². The van der Waals surface area contributed by atoms with Crippen LogP contribution in [0.3, 0.4) is 0 Å². The quantitative estimate of drug-likeness (QED) is 0.808. The minimum absolute atomic E-state index is 0.0874. The molecule has 1 saturated carbocycles. The highest BCUT2D eigenvalue weighted by Crippen LogP contribution is 2.20. The van der Waals surface area contributed by atoms with Gasteiger partial charge >= 0.3 is 0 Å². The Labute approximate surface area is 94.2 Å². The van der Waals surface area contributed by atoms with E-state index in [0.717, 1.165) is 12.8 Å². The maximum atomic E-state index is 11.6. The Morgan fingerprint density at radius 3 is 2.62 bits per heavy atom. The van der Waals surface area contributed by atoms with Crippen molar-refractivity contribution >= 4 is 5.91 Å². The second-order valence-corrected chi connectivity index (χ2v) is 4.04. The van der Waals surface area contributed by atoms with Gasteiger partial charge in [0.25, 0.3) is 5.91 Å². The lowest BCUT2D eigenvalue weighted by Crippen LogP contribution is -2.37. The molecule has 86 valence electrons. The number of hydrogen-bond acceptors (Lipinski definition) is 3. The fraction of sp³-hybridized carbons (Fsp3) is 0.417. The summed E-state index contributed by atoms with van der Waals surface area (Å²) in [4.78, 5) is 11.6. The summed E-state index contributed by atoms with van der Waals surface area (Å²) in [5, 5.41) is 12.0. The lowest BCUT2D eigenvalue weighted by molar-refractivity contribution is -0.127. The molecule has 16 heavy (non-hydrogen) atoms. The van der Waals surface area contributed by atoms with E-state index >= 15 is 0 Å². The van der Waals surface area contributed by atoms with Crippen LogP contribution in [0.5, 0.6) is 11.5 Å². The number of aromatic hydroxyl groups is 1. The lowest BCUT2D eigenvalue weighted by Gasteiger charge is -2.14. The molecule has 1 amide bonds. The molecule has 1 fully saturated rings. The Kier molecular flexibility index (Phi) is 2.99. The lowest BCUT2D eigenvalue weighted by atomic mass is 10.3. The van der Waals surface area contributed by atoms with Crippen molar-refractivity contribution in [1.29, 1.82) is 0 Å². The van der Waals surface area contributed by atoms with Crippen molar-refractivity contribution in [1.82, 2.24) is 5.32 Å². The summed E-state index contributed by atoms with van der Waals surface area (Å²) in [6, 6.07) is 6.67. The third kappa shape index (κ3) is 2.89. The second kappa shape index (κ2) is 4.43. The molecule has 1 aliphatic carbocycles. The molecule has 1 unspecified atom stereocenters. The van der Waals surface area contributed by atoms with Crippen LogP contribution in [0.4, 0.5) is 0 Å². The summed E-state index contributed by atoms with van der Waals surface area (Å²) in [7, 11) is 0. The summed E-state index contributed by atoms with van der Waals surface area (Å²) < 4.78 is 5.44. The fourth-order valence-corrected chi connectivity index (χ4v) is 1.33. The van der Waals surface area contributed by atoms with Gasteiger partial charge in [-0.2, -0.15) is 0 Å². The minimum atomic E-state index is -0.509. The first kappa shape index (κ1) is 10.8. The fourth-order valence-electron chi connectivity index (χ4n) is 1.33. The zero-order valence-electron chi connectivity index (χ0n) is 9.14. The molecule has 0 saturated heterocycles. The Morgan fingerprint density at radius 2 is 2.06 bits per heavy atom. The van der Waals surface area contributed by atoms with Crippen molar-refractivity contribution < 1.29 is 14.6 Å². The average molecular weight is 221 g/mol. The average Bonchev–Trinajstić information content (AvgIpc) is 3.05. The van der Waals surface area contributed by atoms with Gasteiger partial charge in [0.2, 0.25) is 0 Å². The minimum Gasteiger partial charge on any atom is -0.508 e. The molecule has 1 atom stereocenters. The number of ether oxygens (including phenoxy) is 1. The highest BCUT2D eigenvalue weighted by Gasteiger charge is 2.26. The largest absolute Gasteiger partial charge is 0.508 e. The molecule has 1 aromatic rings. The van der Waals surface area contributed by atoms with Crippen molar-refractivity contribution in [3.63, 3.8) is 0 Å². The van der Waals surface area contributed by atoms with E-state index < -0.39 is 6.10 Å². The molecular weight excluding hydrogens is 206 g/mol. The third-order valence-electron chi connectivity index (χ3n) is 2.44. The Morgan fingerprint density at radius 1 is 1.44 bits per heavy atom. The van der Waals surface area contributed by atoms with Crippen molar-refractivity contribution in [3.05, 3.63) is 24.3 Å². The molecule has 2 rings (SSSR count). The van der Waals surface area contributed by atoms with Gasteiger partial charge in [0.15, 0.2) is 6.10 Å². The summed E-state index contributed by atoms with van der Waals surface area (Å²) in [5.41, 5.74) is 0. The first-order valence-electron chi connectivity index (χ1n) is 5.41. The zero-order valence-corrected chi connectivity index (χ0v) is 9.14. The first-order chi connectivity index (χ1) is 7.65. The molecule has 0 radical (unpaired) electrons. The van der Waals surface area contributed by atoms with Gasteiger partial charge in [-0.05, 0) is 44.0 Å². The van der Waals surface area contributed by atoms with Crippen LogP contribution in [-0.2, 0) is 4.79 Å². The SMILES string of the molecule is CC(Oc1ccc(O)cc1)C(=O)NC1CC1. The number of hydrogen-bond donors (Lipinski definition) is 2. The summed E-state index contributed by atoms with van der Waals surface area (Å²) in [6.07, 6.45) is 1.63. The van der Waals surface area contributed by atoms with Crippen LogP contribution < -0.4 is 10.1 Å². The van der Waals surface area contributed by atoms with Crippen LogP contribution >= 0.6 is 0 Å². The van der Waals surface area contributed by atoms with E-state index in [1.165, 1.54) is 12.1 Å². The van der Waals surface area contributed by atoms with Crippen LogP contribution in [-0.4, -0.2) is 23.2 Å². The summed E-state index contributed by atoms with van der Waals surface area (Å²) in [6.45, 7) is 1.71. The number of carbonyl (C=O) groups is 1. The Bertz CT molecular complexity index is 370. The maximum absolute atomic E-state index is 11.6. The molecule has 0 aromatic heterocycles. The summed E-state index contributed by atoms with van der Waals surface area (Å²) >= 11 is 0. The molecule has 1 aromatic carbocycles. The van der Waals surface area contributed by atoms with Gasteiger partial charge in [-0.25, -0.2) is 0 Å². The molecule has 0 heterocycles. The van der Waals surface area contributed by atoms with Gasteiger partial charge in [-0.1, -0.05) is 0 Å². The molecule has 0 spiro atoms. The van der Waals surface area contributed by atoms with E-state index in [1.54, 1.807) is 19.1 Å². The highest BCUT2D eigenvalue weighted by atomic mass is 16.5. The van der Waals surface area contributed by atoms with Crippen molar-refractivity contribution in [3.8, 4) is 11.5 Å². The molecule has 4 nitrogen and oxygen atoms in total. The normalized spacial score (nSPS) is 16.6. The number of nitrogens with one attached hydrogen (secondary N) is 1.